The Morgan fingerprint density at radius 1 is 1.33 bits per heavy atom. The first-order chi connectivity index (χ1) is 11.7. The van der Waals surface area contributed by atoms with Gasteiger partial charge in [0, 0.05) is 25.6 Å². The van der Waals surface area contributed by atoms with Crippen LogP contribution in [-0.2, 0) is 19.3 Å². The van der Waals surface area contributed by atoms with Crippen molar-refractivity contribution in [1.29, 1.82) is 5.26 Å². The largest absolute Gasteiger partial charge is 0.426 e. The fourth-order valence-electron chi connectivity index (χ4n) is 4.03. The minimum absolute atomic E-state index is 0.359. The highest BCUT2D eigenvalue weighted by atomic mass is 16.4. The molecule has 0 bridgehead atoms. The summed E-state index contributed by atoms with van der Waals surface area (Å²) in [4.78, 5) is 4.52. The Morgan fingerprint density at radius 2 is 2.25 bits per heavy atom. The fourth-order valence-corrected chi connectivity index (χ4v) is 4.03. The summed E-state index contributed by atoms with van der Waals surface area (Å²) >= 11 is 0. The fraction of sp³-hybridized carbons (Fsp3) is 0.556. The van der Waals surface area contributed by atoms with Gasteiger partial charge in [0.15, 0.2) is 0 Å². The highest BCUT2D eigenvalue weighted by Gasteiger charge is 2.28. The van der Waals surface area contributed by atoms with Crippen molar-refractivity contribution in [2.75, 3.05) is 5.32 Å². The number of nitriles is 1. The van der Waals surface area contributed by atoms with Crippen molar-refractivity contribution in [3.63, 3.8) is 0 Å². The van der Waals surface area contributed by atoms with E-state index in [2.05, 4.69) is 26.6 Å². The number of nitrogens with one attached hydrogen (secondary N) is 1. The van der Waals surface area contributed by atoms with Crippen molar-refractivity contribution in [3.05, 3.63) is 34.7 Å². The minimum Gasteiger partial charge on any atom is -0.426 e. The molecule has 124 valence electrons. The van der Waals surface area contributed by atoms with Gasteiger partial charge in [-0.05, 0) is 55.6 Å². The van der Waals surface area contributed by atoms with Crippen LogP contribution < -0.4 is 5.32 Å². The van der Waals surface area contributed by atoms with Crippen molar-refractivity contribution in [1.82, 2.24) is 15.2 Å². The zero-order valence-electron chi connectivity index (χ0n) is 13.9. The number of rotatable bonds is 4. The smallest absolute Gasteiger partial charge is 0.216 e. The quantitative estimate of drug-likeness (QED) is 0.930. The van der Waals surface area contributed by atoms with Crippen molar-refractivity contribution in [2.45, 2.75) is 57.9 Å². The van der Waals surface area contributed by atoms with E-state index in [1.165, 1.54) is 11.1 Å². The lowest BCUT2D eigenvalue weighted by atomic mass is 10.0. The van der Waals surface area contributed by atoms with E-state index in [0.29, 0.717) is 17.9 Å². The van der Waals surface area contributed by atoms with Crippen LogP contribution in [0.2, 0.25) is 0 Å². The lowest BCUT2D eigenvalue weighted by Gasteiger charge is -2.16. The normalized spacial score (nSPS) is 22.3. The summed E-state index contributed by atoms with van der Waals surface area (Å²) in [5.41, 5.74) is 3.19. The maximum atomic E-state index is 9.55. The molecule has 2 aliphatic carbocycles. The third-order valence-corrected chi connectivity index (χ3v) is 5.17. The molecule has 24 heavy (non-hydrogen) atoms. The van der Waals surface area contributed by atoms with Gasteiger partial charge >= 0.3 is 0 Å². The molecule has 2 atom stereocenters. The second kappa shape index (κ2) is 6.23. The van der Waals surface area contributed by atoms with Gasteiger partial charge in [0.05, 0.1) is 5.56 Å². The third-order valence-electron chi connectivity index (χ3n) is 5.17. The van der Waals surface area contributed by atoms with Crippen LogP contribution in [0.15, 0.2) is 10.6 Å². The molecule has 0 spiro atoms. The molecule has 2 aromatic heterocycles. The first-order valence-corrected chi connectivity index (χ1v) is 8.69. The van der Waals surface area contributed by atoms with Gasteiger partial charge < -0.3 is 9.73 Å². The summed E-state index contributed by atoms with van der Waals surface area (Å²) in [6.07, 6.45) is 9.22. The molecule has 1 fully saturated rings. The van der Waals surface area contributed by atoms with Crippen LogP contribution in [0.1, 0.15) is 54.2 Å². The monoisotopic (exact) mass is 323 g/mol. The van der Waals surface area contributed by atoms with E-state index in [-0.39, 0.29) is 0 Å². The minimum atomic E-state index is 0.359. The number of hydrogen-bond acceptors (Lipinski definition) is 6. The van der Waals surface area contributed by atoms with Gasteiger partial charge in [-0.1, -0.05) is 0 Å². The van der Waals surface area contributed by atoms with E-state index < -0.39 is 0 Å². The first-order valence-electron chi connectivity index (χ1n) is 8.69. The number of pyridine rings is 1. The molecule has 6 nitrogen and oxygen atoms in total. The first kappa shape index (κ1) is 15.1. The molecule has 2 aliphatic rings. The van der Waals surface area contributed by atoms with E-state index in [1.807, 2.05) is 13.1 Å². The SMILES string of the molecule is Cc1nnc(C[C@@H]2CC[C@H](Nc3ncc4c(c3C#N)CCC4)C2)o1. The molecule has 0 radical (unpaired) electrons. The summed E-state index contributed by atoms with van der Waals surface area (Å²) in [5.74, 6) is 2.66. The van der Waals surface area contributed by atoms with Gasteiger partial charge in [-0.2, -0.15) is 5.26 Å². The zero-order valence-corrected chi connectivity index (χ0v) is 13.9. The molecular weight excluding hydrogens is 302 g/mol. The van der Waals surface area contributed by atoms with Crippen molar-refractivity contribution < 1.29 is 4.42 Å². The molecule has 2 heterocycles. The average molecular weight is 323 g/mol. The lowest BCUT2D eigenvalue weighted by molar-refractivity contribution is 0.416. The maximum absolute atomic E-state index is 9.55. The van der Waals surface area contributed by atoms with E-state index in [9.17, 15) is 5.26 Å². The second-order valence-electron chi connectivity index (χ2n) is 6.89. The molecule has 0 unspecified atom stereocenters. The highest BCUT2D eigenvalue weighted by Crippen LogP contribution is 2.33. The van der Waals surface area contributed by atoms with Gasteiger partial charge in [-0.3, -0.25) is 0 Å². The molecule has 0 aromatic carbocycles. The molecule has 0 saturated heterocycles. The lowest BCUT2D eigenvalue weighted by Crippen LogP contribution is -2.18. The van der Waals surface area contributed by atoms with Crippen LogP contribution in [0.25, 0.3) is 0 Å². The highest BCUT2D eigenvalue weighted by molar-refractivity contribution is 5.59. The molecule has 1 N–H and O–H groups in total. The van der Waals surface area contributed by atoms with E-state index in [0.717, 1.165) is 62.2 Å². The van der Waals surface area contributed by atoms with Crippen LogP contribution >= 0.6 is 0 Å². The zero-order chi connectivity index (χ0) is 16.5. The van der Waals surface area contributed by atoms with Crippen LogP contribution in [0.5, 0.6) is 0 Å². The number of nitrogens with zero attached hydrogens (tertiary/aromatic N) is 4. The molecule has 6 heteroatoms. The summed E-state index contributed by atoms with van der Waals surface area (Å²) in [5, 5.41) is 21.0. The Morgan fingerprint density at radius 3 is 3.04 bits per heavy atom. The summed E-state index contributed by atoms with van der Waals surface area (Å²) in [6.45, 7) is 1.82. The Labute approximate surface area is 141 Å². The second-order valence-corrected chi connectivity index (χ2v) is 6.89. The van der Waals surface area contributed by atoms with Crippen LogP contribution in [0.3, 0.4) is 0 Å². The molecule has 2 aromatic rings. The van der Waals surface area contributed by atoms with Gasteiger partial charge in [0.1, 0.15) is 11.9 Å². The van der Waals surface area contributed by atoms with Gasteiger partial charge in [0.2, 0.25) is 11.8 Å². The van der Waals surface area contributed by atoms with E-state index in [1.54, 1.807) is 0 Å². The molecular formula is C18H21N5O. The van der Waals surface area contributed by atoms with Gasteiger partial charge in [-0.15, -0.1) is 10.2 Å². The molecule has 4 rings (SSSR count). The number of aryl methyl sites for hydroxylation is 2. The Kier molecular flexibility index (Phi) is 3.93. The summed E-state index contributed by atoms with van der Waals surface area (Å²) in [7, 11) is 0. The third kappa shape index (κ3) is 2.86. The van der Waals surface area contributed by atoms with Crippen molar-refractivity contribution >= 4 is 5.82 Å². The van der Waals surface area contributed by atoms with E-state index >= 15 is 0 Å². The predicted octanol–water partition coefficient (Wildman–Crippen LogP) is 2.96. The Hall–Kier alpha value is -2.42. The Balaban J connectivity index is 1.43. The molecule has 1 saturated carbocycles. The average Bonchev–Trinajstić information content (AvgIpc) is 3.29. The van der Waals surface area contributed by atoms with Crippen molar-refractivity contribution in [3.8, 4) is 6.07 Å². The summed E-state index contributed by atoms with van der Waals surface area (Å²) in [6, 6.07) is 2.72. The summed E-state index contributed by atoms with van der Waals surface area (Å²) < 4.78 is 5.49. The number of anilines is 1. The molecule has 0 amide bonds. The van der Waals surface area contributed by atoms with Crippen LogP contribution in [0.4, 0.5) is 5.82 Å². The maximum Gasteiger partial charge on any atom is 0.216 e. The standard InChI is InChI=1S/C18H21N5O/c1-11-22-23-17(24-11)8-12-5-6-14(7-12)21-18-16(9-19)15-4-2-3-13(15)10-20-18/h10,12,14H,2-8H2,1H3,(H,20,21)/t12-,14+/m1/s1. The van der Waals surface area contributed by atoms with Crippen molar-refractivity contribution in [2.24, 2.45) is 5.92 Å². The molecule has 0 aliphatic heterocycles. The number of aromatic nitrogens is 3. The van der Waals surface area contributed by atoms with Crippen LogP contribution in [0, 0.1) is 24.2 Å². The predicted molar refractivity (Wildman–Crippen MR) is 88.5 cm³/mol. The van der Waals surface area contributed by atoms with Gasteiger partial charge in [0.25, 0.3) is 0 Å². The number of hydrogen-bond donors (Lipinski definition) is 1. The van der Waals surface area contributed by atoms with E-state index in [4.69, 9.17) is 4.42 Å². The number of fused-ring (bicyclic) bond motifs is 1. The Bertz CT molecular complexity index is 791. The van der Waals surface area contributed by atoms with Gasteiger partial charge in [-0.25, -0.2) is 4.98 Å². The van der Waals surface area contributed by atoms with Crippen LogP contribution in [-0.4, -0.2) is 21.2 Å². The topological polar surface area (TPSA) is 87.6 Å².